The van der Waals surface area contributed by atoms with Crippen molar-refractivity contribution in [3.63, 3.8) is 0 Å². The predicted octanol–water partition coefficient (Wildman–Crippen LogP) is 3.84. The number of halogens is 1. The van der Waals surface area contributed by atoms with Crippen molar-refractivity contribution in [2.75, 3.05) is 25.0 Å². The summed E-state index contributed by atoms with van der Waals surface area (Å²) in [7, 11) is 0. The molecule has 5 nitrogen and oxygen atoms in total. The van der Waals surface area contributed by atoms with E-state index in [0.29, 0.717) is 35.1 Å². The summed E-state index contributed by atoms with van der Waals surface area (Å²) in [6, 6.07) is 13.7. The lowest BCUT2D eigenvalue weighted by Gasteiger charge is -2.18. The molecule has 132 valence electrons. The van der Waals surface area contributed by atoms with Crippen LogP contribution >= 0.6 is 11.6 Å². The molecule has 0 aromatic heterocycles. The Kier molecular flexibility index (Phi) is 6.83. The Morgan fingerprint density at radius 3 is 2.28 bits per heavy atom. The summed E-state index contributed by atoms with van der Waals surface area (Å²) in [6.45, 7) is 5.06. The van der Waals surface area contributed by atoms with E-state index in [4.69, 9.17) is 16.3 Å². The number of amides is 2. The van der Waals surface area contributed by atoms with Crippen molar-refractivity contribution in [2.45, 2.75) is 13.8 Å². The van der Waals surface area contributed by atoms with Crippen LogP contribution in [-0.4, -0.2) is 36.4 Å². The molecule has 0 aliphatic heterocycles. The highest BCUT2D eigenvalue weighted by Crippen LogP contribution is 2.20. The zero-order valence-electron chi connectivity index (χ0n) is 14.3. The van der Waals surface area contributed by atoms with E-state index in [1.54, 1.807) is 53.4 Å². The molecule has 0 unspecified atom stereocenters. The molecular formula is C19H21ClN2O3. The van der Waals surface area contributed by atoms with Gasteiger partial charge in [-0.1, -0.05) is 23.7 Å². The van der Waals surface area contributed by atoms with Crippen LogP contribution in [0.3, 0.4) is 0 Å². The SMILES string of the molecule is CCN(CC)C(=O)c1ccc(OCC(=O)Nc2ccccc2Cl)cc1. The third-order valence-corrected chi connectivity index (χ3v) is 4.00. The highest BCUT2D eigenvalue weighted by Gasteiger charge is 2.12. The first-order chi connectivity index (χ1) is 12.0. The number of hydrogen-bond acceptors (Lipinski definition) is 3. The second-order valence-corrected chi connectivity index (χ2v) is 5.73. The van der Waals surface area contributed by atoms with E-state index in [2.05, 4.69) is 5.32 Å². The molecule has 0 bridgehead atoms. The maximum Gasteiger partial charge on any atom is 0.262 e. The van der Waals surface area contributed by atoms with Crippen molar-refractivity contribution >= 4 is 29.1 Å². The molecule has 0 saturated heterocycles. The molecule has 0 saturated carbocycles. The van der Waals surface area contributed by atoms with Gasteiger partial charge >= 0.3 is 0 Å². The summed E-state index contributed by atoms with van der Waals surface area (Å²) in [5, 5.41) is 3.15. The van der Waals surface area contributed by atoms with Crippen molar-refractivity contribution in [3.8, 4) is 5.75 Å². The van der Waals surface area contributed by atoms with Gasteiger partial charge in [-0.3, -0.25) is 9.59 Å². The van der Waals surface area contributed by atoms with Gasteiger partial charge in [0.25, 0.3) is 11.8 Å². The number of anilines is 1. The van der Waals surface area contributed by atoms with Gasteiger partial charge in [0.05, 0.1) is 10.7 Å². The second-order valence-electron chi connectivity index (χ2n) is 5.32. The predicted molar refractivity (Wildman–Crippen MR) is 99.3 cm³/mol. The number of carbonyl (C=O) groups is 2. The summed E-state index contributed by atoms with van der Waals surface area (Å²) in [5.41, 5.74) is 1.13. The molecule has 2 aromatic carbocycles. The molecule has 0 atom stereocenters. The van der Waals surface area contributed by atoms with E-state index in [9.17, 15) is 9.59 Å². The van der Waals surface area contributed by atoms with E-state index in [0.717, 1.165) is 0 Å². The number of nitrogens with zero attached hydrogens (tertiary/aromatic N) is 1. The van der Waals surface area contributed by atoms with Crippen LogP contribution in [0.25, 0.3) is 0 Å². The van der Waals surface area contributed by atoms with Crippen molar-refractivity contribution in [3.05, 3.63) is 59.1 Å². The van der Waals surface area contributed by atoms with Crippen LogP contribution in [0.15, 0.2) is 48.5 Å². The van der Waals surface area contributed by atoms with Crippen LogP contribution < -0.4 is 10.1 Å². The number of benzene rings is 2. The first kappa shape index (κ1) is 18.8. The number of ether oxygens (including phenoxy) is 1. The molecular weight excluding hydrogens is 340 g/mol. The zero-order chi connectivity index (χ0) is 18.2. The Balaban J connectivity index is 1.90. The van der Waals surface area contributed by atoms with Gasteiger partial charge in [0.2, 0.25) is 0 Å². The van der Waals surface area contributed by atoms with E-state index in [-0.39, 0.29) is 18.4 Å². The Morgan fingerprint density at radius 1 is 1.04 bits per heavy atom. The highest BCUT2D eigenvalue weighted by molar-refractivity contribution is 6.33. The van der Waals surface area contributed by atoms with E-state index in [1.165, 1.54) is 0 Å². The van der Waals surface area contributed by atoms with Gasteiger partial charge in [-0.2, -0.15) is 0 Å². The lowest BCUT2D eigenvalue weighted by molar-refractivity contribution is -0.118. The Labute approximate surface area is 152 Å². The third kappa shape index (κ3) is 5.22. The first-order valence-electron chi connectivity index (χ1n) is 8.11. The minimum atomic E-state index is -0.309. The van der Waals surface area contributed by atoms with Crippen LogP contribution in [0.2, 0.25) is 5.02 Å². The number of nitrogens with one attached hydrogen (secondary N) is 1. The molecule has 6 heteroatoms. The smallest absolute Gasteiger partial charge is 0.262 e. The highest BCUT2D eigenvalue weighted by atomic mass is 35.5. The number of hydrogen-bond donors (Lipinski definition) is 1. The lowest BCUT2D eigenvalue weighted by Crippen LogP contribution is -2.30. The van der Waals surface area contributed by atoms with E-state index >= 15 is 0 Å². The molecule has 2 amide bonds. The van der Waals surface area contributed by atoms with Crippen molar-refractivity contribution in [2.24, 2.45) is 0 Å². The van der Waals surface area contributed by atoms with Gasteiger partial charge in [0.15, 0.2) is 6.61 Å². The largest absolute Gasteiger partial charge is 0.484 e. The maximum atomic E-state index is 12.2. The summed E-state index contributed by atoms with van der Waals surface area (Å²) in [6.07, 6.45) is 0. The van der Waals surface area contributed by atoms with Crippen molar-refractivity contribution in [1.29, 1.82) is 0 Å². The molecule has 1 N–H and O–H groups in total. The Hall–Kier alpha value is -2.53. The molecule has 0 radical (unpaired) electrons. The van der Waals surface area contributed by atoms with E-state index in [1.807, 2.05) is 13.8 Å². The molecule has 0 heterocycles. The molecule has 25 heavy (non-hydrogen) atoms. The van der Waals surface area contributed by atoms with Gasteiger partial charge < -0.3 is 15.0 Å². The molecule has 2 rings (SSSR count). The summed E-state index contributed by atoms with van der Waals surface area (Å²) in [5.74, 6) is 0.190. The van der Waals surface area contributed by atoms with Crippen LogP contribution in [0.5, 0.6) is 5.75 Å². The number of rotatable bonds is 7. The number of para-hydroxylation sites is 1. The molecule has 0 aliphatic rings. The molecule has 2 aromatic rings. The van der Waals surface area contributed by atoms with Gasteiger partial charge in [0.1, 0.15) is 5.75 Å². The fraction of sp³-hybridized carbons (Fsp3) is 0.263. The zero-order valence-corrected chi connectivity index (χ0v) is 15.0. The maximum absolute atomic E-state index is 12.2. The molecule has 0 spiro atoms. The number of carbonyl (C=O) groups excluding carboxylic acids is 2. The quantitative estimate of drug-likeness (QED) is 0.816. The normalized spacial score (nSPS) is 10.2. The van der Waals surface area contributed by atoms with Gasteiger partial charge in [-0.25, -0.2) is 0 Å². The molecule has 0 fully saturated rings. The summed E-state index contributed by atoms with van der Waals surface area (Å²) >= 11 is 5.99. The standard InChI is InChI=1S/C19H21ClN2O3/c1-3-22(4-2)19(24)14-9-11-15(12-10-14)25-13-18(23)21-17-8-6-5-7-16(17)20/h5-12H,3-4,13H2,1-2H3,(H,21,23). The van der Waals surface area contributed by atoms with Gasteiger partial charge in [-0.15, -0.1) is 0 Å². The Morgan fingerprint density at radius 2 is 1.68 bits per heavy atom. The summed E-state index contributed by atoms with van der Waals surface area (Å²) in [4.78, 5) is 25.9. The fourth-order valence-corrected chi connectivity index (χ4v) is 2.47. The minimum absolute atomic E-state index is 0.0204. The fourth-order valence-electron chi connectivity index (χ4n) is 2.28. The van der Waals surface area contributed by atoms with Crippen LogP contribution in [0.4, 0.5) is 5.69 Å². The van der Waals surface area contributed by atoms with Gasteiger partial charge in [-0.05, 0) is 50.2 Å². The van der Waals surface area contributed by atoms with E-state index < -0.39 is 0 Å². The van der Waals surface area contributed by atoms with Gasteiger partial charge in [0, 0.05) is 18.7 Å². The van der Waals surface area contributed by atoms with Crippen LogP contribution in [0, 0.1) is 0 Å². The minimum Gasteiger partial charge on any atom is -0.484 e. The average molecular weight is 361 g/mol. The topological polar surface area (TPSA) is 58.6 Å². The van der Waals surface area contributed by atoms with Crippen LogP contribution in [0.1, 0.15) is 24.2 Å². The molecule has 0 aliphatic carbocycles. The third-order valence-electron chi connectivity index (χ3n) is 3.67. The second kappa shape index (κ2) is 9.08. The first-order valence-corrected chi connectivity index (χ1v) is 8.49. The van der Waals surface area contributed by atoms with Crippen molar-refractivity contribution in [1.82, 2.24) is 4.90 Å². The average Bonchev–Trinajstić information content (AvgIpc) is 2.63. The Bertz CT molecular complexity index is 728. The van der Waals surface area contributed by atoms with Crippen LogP contribution in [-0.2, 0) is 4.79 Å². The monoisotopic (exact) mass is 360 g/mol. The summed E-state index contributed by atoms with van der Waals surface area (Å²) < 4.78 is 5.45. The lowest BCUT2D eigenvalue weighted by atomic mass is 10.2. The van der Waals surface area contributed by atoms with Crippen molar-refractivity contribution < 1.29 is 14.3 Å².